The summed E-state index contributed by atoms with van der Waals surface area (Å²) in [4.78, 5) is 14.4. The summed E-state index contributed by atoms with van der Waals surface area (Å²) in [6, 6.07) is 10.0. The number of nitrogens with zero attached hydrogens (tertiary/aromatic N) is 1. The molecular weight excluding hydrogens is 414 g/mol. The maximum Gasteiger partial charge on any atom is 0.241 e. The molecule has 0 bridgehead atoms. The molecule has 0 spiro atoms. The molecule has 5 nitrogen and oxygen atoms in total. The fraction of sp³-hybridized carbons (Fsp3) is 0.409. The number of carbonyl (C=O) groups is 1. The number of aliphatic hydroxyl groups is 1. The highest BCUT2D eigenvalue weighted by atomic mass is 35.5. The quantitative estimate of drug-likeness (QED) is 0.750. The Hall–Kier alpha value is -2.38. The molecule has 2 aromatic rings. The lowest BCUT2D eigenvalue weighted by molar-refractivity contribution is -0.128. The number of fused-ring (bicyclic) bond motifs is 1. The molecule has 2 N–H and O–H groups in total. The lowest BCUT2D eigenvalue weighted by atomic mass is 9.78. The predicted molar refractivity (Wildman–Crippen MR) is 110 cm³/mol. The highest BCUT2D eigenvalue weighted by Gasteiger charge is 2.44. The summed E-state index contributed by atoms with van der Waals surface area (Å²) >= 11 is 5.77. The molecule has 160 valence electrons. The molecule has 0 unspecified atom stereocenters. The fourth-order valence-electron chi connectivity index (χ4n) is 4.31. The maximum atomic E-state index is 14.0. The van der Waals surface area contributed by atoms with Gasteiger partial charge in [-0.2, -0.15) is 0 Å². The Balaban J connectivity index is 1.33. The first kappa shape index (κ1) is 20.9. The number of hydrogen-bond donors (Lipinski definition) is 2. The minimum atomic E-state index is -0.728. The number of hydrogen-bond acceptors (Lipinski definition) is 4. The number of anilines is 1. The van der Waals surface area contributed by atoms with Gasteiger partial charge in [0.1, 0.15) is 11.9 Å². The number of halogens is 3. The molecule has 1 saturated heterocycles. The highest BCUT2D eigenvalue weighted by molar-refractivity contribution is 6.30. The number of likely N-dealkylation sites (tertiary alicyclic amines) is 1. The van der Waals surface area contributed by atoms with E-state index < -0.39 is 18.0 Å². The first-order valence-corrected chi connectivity index (χ1v) is 10.3. The van der Waals surface area contributed by atoms with Gasteiger partial charge in [-0.05, 0) is 67.1 Å². The molecule has 8 heteroatoms. The molecule has 1 heterocycles. The van der Waals surface area contributed by atoms with Gasteiger partial charge in [-0.25, -0.2) is 8.78 Å². The second-order valence-corrected chi connectivity index (χ2v) is 8.39. The third-order valence-electron chi connectivity index (χ3n) is 5.90. The Morgan fingerprint density at radius 3 is 2.53 bits per heavy atom. The molecule has 4 rings (SSSR count). The van der Waals surface area contributed by atoms with E-state index in [9.17, 15) is 18.7 Å². The van der Waals surface area contributed by atoms with E-state index >= 15 is 0 Å². The van der Waals surface area contributed by atoms with Crippen molar-refractivity contribution in [3.05, 3.63) is 59.1 Å². The van der Waals surface area contributed by atoms with E-state index in [2.05, 4.69) is 5.32 Å². The number of benzene rings is 2. The van der Waals surface area contributed by atoms with Gasteiger partial charge >= 0.3 is 0 Å². The van der Waals surface area contributed by atoms with Crippen molar-refractivity contribution in [1.82, 2.24) is 4.90 Å². The summed E-state index contributed by atoms with van der Waals surface area (Å²) < 4.78 is 32.8. The van der Waals surface area contributed by atoms with Gasteiger partial charge in [-0.1, -0.05) is 11.6 Å². The van der Waals surface area contributed by atoms with E-state index in [4.69, 9.17) is 16.3 Å². The van der Waals surface area contributed by atoms with Crippen LogP contribution in [0, 0.1) is 23.5 Å². The second-order valence-electron chi connectivity index (χ2n) is 7.95. The molecule has 1 aliphatic carbocycles. The SMILES string of the molecule is O=C(CNc1ccc(F)cc1)N1C[C@H]2C[C@@H](Oc3ccc(Cl)cc3F)[C@H](O)C[C@H]2C1. The van der Waals surface area contributed by atoms with E-state index in [1.165, 1.54) is 24.3 Å². The summed E-state index contributed by atoms with van der Waals surface area (Å²) in [7, 11) is 0. The van der Waals surface area contributed by atoms with Crippen LogP contribution >= 0.6 is 11.6 Å². The van der Waals surface area contributed by atoms with Crippen LogP contribution in [0.5, 0.6) is 5.75 Å². The lowest BCUT2D eigenvalue weighted by Gasteiger charge is -2.35. The smallest absolute Gasteiger partial charge is 0.241 e. The average Bonchev–Trinajstić information content (AvgIpc) is 3.12. The largest absolute Gasteiger partial charge is 0.485 e. The standard InChI is InChI=1S/C22H23ClF2N2O3/c23-15-1-6-20(18(25)9-15)30-21-8-14-12-27(11-13(14)7-19(21)28)22(29)10-26-17-4-2-16(24)3-5-17/h1-6,9,13-14,19,21,26,28H,7-8,10-12H2/t13-,14+,19+,21+/m0/s1. The molecule has 1 saturated carbocycles. The van der Waals surface area contributed by atoms with Crippen LogP contribution in [0.4, 0.5) is 14.5 Å². The van der Waals surface area contributed by atoms with E-state index in [0.29, 0.717) is 31.6 Å². The van der Waals surface area contributed by atoms with Gasteiger partial charge in [-0.3, -0.25) is 4.79 Å². The Labute approximate surface area is 178 Å². The lowest BCUT2D eigenvalue weighted by Crippen LogP contribution is -2.42. The minimum absolute atomic E-state index is 0.0515. The molecule has 0 aromatic heterocycles. The van der Waals surface area contributed by atoms with E-state index in [1.54, 1.807) is 23.1 Å². The molecule has 4 atom stereocenters. The summed E-state index contributed by atoms with van der Waals surface area (Å²) in [5, 5.41) is 13.8. The van der Waals surface area contributed by atoms with Crippen molar-refractivity contribution in [3.8, 4) is 5.75 Å². The first-order chi connectivity index (χ1) is 14.4. The summed E-state index contributed by atoms with van der Waals surface area (Å²) in [6.45, 7) is 1.27. The van der Waals surface area contributed by atoms with Crippen LogP contribution in [0.1, 0.15) is 12.8 Å². The van der Waals surface area contributed by atoms with Crippen molar-refractivity contribution in [1.29, 1.82) is 0 Å². The van der Waals surface area contributed by atoms with Crippen molar-refractivity contribution < 1.29 is 23.4 Å². The van der Waals surface area contributed by atoms with Gasteiger partial charge in [0.15, 0.2) is 11.6 Å². The van der Waals surface area contributed by atoms with Crippen LogP contribution in [0.2, 0.25) is 5.02 Å². The summed E-state index contributed by atoms with van der Waals surface area (Å²) in [5.41, 5.74) is 0.676. The Morgan fingerprint density at radius 2 is 1.83 bits per heavy atom. The Kier molecular flexibility index (Phi) is 6.11. The van der Waals surface area contributed by atoms with Gasteiger partial charge in [0.25, 0.3) is 0 Å². The van der Waals surface area contributed by atoms with Crippen molar-refractivity contribution in [2.45, 2.75) is 25.0 Å². The van der Waals surface area contributed by atoms with Crippen LogP contribution in [0.3, 0.4) is 0 Å². The first-order valence-electron chi connectivity index (χ1n) is 9.96. The molecule has 30 heavy (non-hydrogen) atoms. The number of carbonyl (C=O) groups excluding carboxylic acids is 1. The molecule has 2 fully saturated rings. The zero-order valence-corrected chi connectivity index (χ0v) is 17.0. The second kappa shape index (κ2) is 8.78. The zero-order valence-electron chi connectivity index (χ0n) is 16.2. The van der Waals surface area contributed by atoms with E-state index in [-0.39, 0.29) is 40.9 Å². The predicted octanol–water partition coefficient (Wildman–Crippen LogP) is 3.71. The van der Waals surface area contributed by atoms with Crippen molar-refractivity contribution in [2.75, 3.05) is 25.0 Å². The van der Waals surface area contributed by atoms with Crippen LogP contribution in [0.15, 0.2) is 42.5 Å². The minimum Gasteiger partial charge on any atom is -0.485 e. The topological polar surface area (TPSA) is 61.8 Å². The Bertz CT molecular complexity index is 912. The monoisotopic (exact) mass is 436 g/mol. The van der Waals surface area contributed by atoms with Crippen LogP contribution < -0.4 is 10.1 Å². The van der Waals surface area contributed by atoms with Crippen LogP contribution in [-0.2, 0) is 4.79 Å². The normalized spacial score (nSPS) is 25.7. The number of amides is 1. The van der Waals surface area contributed by atoms with Gasteiger partial charge in [-0.15, -0.1) is 0 Å². The van der Waals surface area contributed by atoms with Crippen molar-refractivity contribution >= 4 is 23.2 Å². The molecule has 2 aromatic carbocycles. The van der Waals surface area contributed by atoms with E-state index in [0.717, 1.165) is 0 Å². The van der Waals surface area contributed by atoms with Crippen LogP contribution in [0.25, 0.3) is 0 Å². The summed E-state index contributed by atoms with van der Waals surface area (Å²) in [5.74, 6) is -0.509. The number of rotatable bonds is 5. The van der Waals surface area contributed by atoms with Gasteiger partial charge < -0.3 is 20.1 Å². The maximum absolute atomic E-state index is 14.0. The number of aliphatic hydroxyl groups excluding tert-OH is 1. The summed E-state index contributed by atoms with van der Waals surface area (Å²) in [6.07, 6.45) is -0.217. The third-order valence-corrected chi connectivity index (χ3v) is 6.13. The molecule has 1 amide bonds. The van der Waals surface area contributed by atoms with Gasteiger partial charge in [0, 0.05) is 23.8 Å². The van der Waals surface area contributed by atoms with Gasteiger partial charge in [0.2, 0.25) is 5.91 Å². The van der Waals surface area contributed by atoms with E-state index in [1.807, 2.05) is 0 Å². The van der Waals surface area contributed by atoms with Crippen molar-refractivity contribution in [3.63, 3.8) is 0 Å². The zero-order chi connectivity index (χ0) is 21.3. The Morgan fingerprint density at radius 1 is 1.13 bits per heavy atom. The van der Waals surface area contributed by atoms with Gasteiger partial charge in [0.05, 0.1) is 12.6 Å². The molecular formula is C22H23ClF2N2O3. The fourth-order valence-corrected chi connectivity index (χ4v) is 4.47. The van der Waals surface area contributed by atoms with Crippen LogP contribution in [-0.4, -0.2) is 47.8 Å². The molecule has 0 radical (unpaired) electrons. The highest BCUT2D eigenvalue weighted by Crippen LogP contribution is 2.38. The average molecular weight is 437 g/mol. The molecule has 2 aliphatic rings. The number of nitrogens with one attached hydrogen (secondary N) is 1. The van der Waals surface area contributed by atoms with Crippen molar-refractivity contribution in [2.24, 2.45) is 11.8 Å². The molecule has 1 aliphatic heterocycles. The number of ether oxygens (including phenoxy) is 1. The third kappa shape index (κ3) is 4.68.